The summed E-state index contributed by atoms with van der Waals surface area (Å²) in [5.41, 5.74) is -0.477. The number of rotatable bonds is 3. The van der Waals surface area contributed by atoms with E-state index < -0.39 is 0 Å². The van der Waals surface area contributed by atoms with Crippen LogP contribution in [0.3, 0.4) is 0 Å². The standard InChI is InChI=1S/C12H24N2O2/c1-11(2,3)13-9(15)7-8-10(16)14-12(4,5)6/h7-8H2,1-6H3,(H,13,15)(H,14,16). The number of carbonyl (C=O) groups excluding carboxylic acids is 2. The van der Waals surface area contributed by atoms with Gasteiger partial charge >= 0.3 is 0 Å². The zero-order valence-corrected chi connectivity index (χ0v) is 11.2. The minimum absolute atomic E-state index is 0.0865. The third-order valence-electron chi connectivity index (χ3n) is 1.61. The lowest BCUT2D eigenvalue weighted by Crippen LogP contribution is -2.43. The van der Waals surface area contributed by atoms with Crippen LogP contribution in [0.15, 0.2) is 0 Å². The van der Waals surface area contributed by atoms with E-state index in [1.165, 1.54) is 0 Å². The first-order chi connectivity index (χ1) is 6.99. The Balaban J connectivity index is 3.90. The van der Waals surface area contributed by atoms with Gasteiger partial charge in [-0.15, -0.1) is 0 Å². The van der Waals surface area contributed by atoms with Crippen LogP contribution in [-0.4, -0.2) is 22.9 Å². The summed E-state index contributed by atoms with van der Waals surface area (Å²) in [6, 6.07) is 0. The van der Waals surface area contributed by atoms with Crippen molar-refractivity contribution in [1.82, 2.24) is 10.6 Å². The molecule has 94 valence electrons. The molecule has 0 radical (unpaired) electrons. The summed E-state index contributed by atoms with van der Waals surface area (Å²) in [7, 11) is 0. The van der Waals surface area contributed by atoms with Crippen LogP contribution in [0.25, 0.3) is 0 Å². The molecule has 0 aromatic heterocycles. The molecule has 0 fully saturated rings. The lowest BCUT2D eigenvalue weighted by atomic mass is 10.1. The molecule has 0 aromatic rings. The fourth-order valence-corrected chi connectivity index (χ4v) is 1.19. The fraction of sp³-hybridized carbons (Fsp3) is 0.833. The highest BCUT2D eigenvalue weighted by Crippen LogP contribution is 2.03. The molecule has 0 spiro atoms. The predicted octanol–water partition coefficient (Wildman–Crippen LogP) is 1.60. The lowest BCUT2D eigenvalue weighted by Gasteiger charge is -2.22. The van der Waals surface area contributed by atoms with Gasteiger partial charge in [0, 0.05) is 23.9 Å². The molecule has 2 amide bonds. The fourth-order valence-electron chi connectivity index (χ4n) is 1.19. The Morgan fingerprint density at radius 3 is 1.19 bits per heavy atom. The van der Waals surface area contributed by atoms with Crippen molar-refractivity contribution in [2.24, 2.45) is 0 Å². The molecule has 0 saturated carbocycles. The third kappa shape index (κ3) is 9.49. The van der Waals surface area contributed by atoms with E-state index in [1.54, 1.807) is 0 Å². The van der Waals surface area contributed by atoms with Crippen LogP contribution < -0.4 is 10.6 Å². The SMILES string of the molecule is CC(C)(C)NC(=O)CCC(=O)NC(C)(C)C. The van der Waals surface area contributed by atoms with Gasteiger partial charge < -0.3 is 10.6 Å². The van der Waals surface area contributed by atoms with Crippen LogP contribution in [0, 0.1) is 0 Å². The van der Waals surface area contributed by atoms with Gasteiger partial charge in [-0.2, -0.15) is 0 Å². The predicted molar refractivity (Wildman–Crippen MR) is 65.0 cm³/mol. The van der Waals surface area contributed by atoms with E-state index in [2.05, 4.69) is 10.6 Å². The van der Waals surface area contributed by atoms with E-state index in [1.807, 2.05) is 41.5 Å². The Labute approximate surface area is 98.2 Å². The first-order valence-corrected chi connectivity index (χ1v) is 5.62. The van der Waals surface area contributed by atoms with Crippen molar-refractivity contribution >= 4 is 11.8 Å². The van der Waals surface area contributed by atoms with Gasteiger partial charge in [-0.1, -0.05) is 0 Å². The maximum atomic E-state index is 11.4. The van der Waals surface area contributed by atoms with E-state index in [4.69, 9.17) is 0 Å². The van der Waals surface area contributed by atoms with Gasteiger partial charge in [-0.05, 0) is 41.5 Å². The minimum Gasteiger partial charge on any atom is -0.351 e. The van der Waals surface area contributed by atoms with Crippen molar-refractivity contribution in [3.63, 3.8) is 0 Å². The smallest absolute Gasteiger partial charge is 0.220 e. The van der Waals surface area contributed by atoms with E-state index in [9.17, 15) is 9.59 Å². The van der Waals surface area contributed by atoms with Gasteiger partial charge in [0.2, 0.25) is 11.8 Å². The second-order valence-electron chi connectivity index (χ2n) is 6.10. The largest absolute Gasteiger partial charge is 0.351 e. The number of hydrogen-bond donors (Lipinski definition) is 2. The lowest BCUT2D eigenvalue weighted by molar-refractivity contribution is -0.128. The van der Waals surface area contributed by atoms with E-state index in [0.717, 1.165) is 0 Å². The van der Waals surface area contributed by atoms with Gasteiger partial charge in [0.15, 0.2) is 0 Å². The quantitative estimate of drug-likeness (QED) is 0.770. The number of nitrogens with one attached hydrogen (secondary N) is 2. The van der Waals surface area contributed by atoms with Crippen LogP contribution in [0.1, 0.15) is 54.4 Å². The van der Waals surface area contributed by atoms with E-state index >= 15 is 0 Å². The Morgan fingerprint density at radius 1 is 0.750 bits per heavy atom. The van der Waals surface area contributed by atoms with Gasteiger partial charge in [0.05, 0.1) is 0 Å². The zero-order valence-electron chi connectivity index (χ0n) is 11.2. The minimum atomic E-state index is -0.239. The van der Waals surface area contributed by atoms with Gasteiger partial charge in [-0.3, -0.25) is 9.59 Å². The van der Waals surface area contributed by atoms with Crippen molar-refractivity contribution in [2.75, 3.05) is 0 Å². The molecule has 16 heavy (non-hydrogen) atoms. The molecule has 0 aliphatic heterocycles. The summed E-state index contributed by atoms with van der Waals surface area (Å²) in [4.78, 5) is 22.9. The molecule has 4 heteroatoms. The van der Waals surface area contributed by atoms with E-state index in [-0.39, 0.29) is 35.7 Å². The summed E-state index contributed by atoms with van der Waals surface area (Å²) in [5.74, 6) is -0.173. The molecule has 2 N–H and O–H groups in total. The molecule has 0 heterocycles. The van der Waals surface area contributed by atoms with Crippen molar-refractivity contribution in [3.05, 3.63) is 0 Å². The Hall–Kier alpha value is -1.06. The maximum absolute atomic E-state index is 11.4. The molecular formula is C12H24N2O2. The van der Waals surface area contributed by atoms with Crippen LogP contribution >= 0.6 is 0 Å². The maximum Gasteiger partial charge on any atom is 0.220 e. The van der Waals surface area contributed by atoms with Crippen molar-refractivity contribution < 1.29 is 9.59 Å². The van der Waals surface area contributed by atoms with E-state index in [0.29, 0.717) is 0 Å². The third-order valence-corrected chi connectivity index (χ3v) is 1.61. The van der Waals surface area contributed by atoms with Gasteiger partial charge in [0.1, 0.15) is 0 Å². The van der Waals surface area contributed by atoms with Crippen molar-refractivity contribution in [3.8, 4) is 0 Å². The summed E-state index contributed by atoms with van der Waals surface area (Å²) in [6.07, 6.45) is 0.471. The Bertz CT molecular complexity index is 231. The summed E-state index contributed by atoms with van der Waals surface area (Å²) in [6.45, 7) is 11.5. The molecule has 0 aliphatic carbocycles. The molecule has 0 bridgehead atoms. The number of amides is 2. The second-order valence-corrected chi connectivity index (χ2v) is 6.10. The van der Waals surface area contributed by atoms with Crippen molar-refractivity contribution in [1.29, 1.82) is 0 Å². The van der Waals surface area contributed by atoms with Crippen LogP contribution in [0.5, 0.6) is 0 Å². The topological polar surface area (TPSA) is 58.2 Å². The van der Waals surface area contributed by atoms with Crippen LogP contribution in [0.2, 0.25) is 0 Å². The summed E-state index contributed by atoms with van der Waals surface area (Å²) < 4.78 is 0. The number of carbonyl (C=O) groups is 2. The Kier molecular flexibility index (Phi) is 4.97. The van der Waals surface area contributed by atoms with Crippen LogP contribution in [-0.2, 0) is 9.59 Å². The van der Waals surface area contributed by atoms with Crippen LogP contribution in [0.4, 0.5) is 0 Å². The van der Waals surface area contributed by atoms with Gasteiger partial charge in [-0.25, -0.2) is 0 Å². The molecule has 0 saturated heterocycles. The molecule has 4 nitrogen and oxygen atoms in total. The first-order valence-electron chi connectivity index (χ1n) is 5.62. The summed E-state index contributed by atoms with van der Waals surface area (Å²) >= 11 is 0. The monoisotopic (exact) mass is 228 g/mol. The average molecular weight is 228 g/mol. The molecule has 0 unspecified atom stereocenters. The van der Waals surface area contributed by atoms with Gasteiger partial charge in [0.25, 0.3) is 0 Å². The molecule has 0 aromatic carbocycles. The molecular weight excluding hydrogens is 204 g/mol. The first kappa shape index (κ1) is 14.9. The molecule has 0 aliphatic rings. The molecule has 0 atom stereocenters. The van der Waals surface area contributed by atoms with Crippen molar-refractivity contribution in [2.45, 2.75) is 65.5 Å². The highest BCUT2D eigenvalue weighted by molar-refractivity contribution is 5.84. The summed E-state index contributed by atoms with van der Waals surface area (Å²) in [5, 5.41) is 5.64. The molecule has 0 rings (SSSR count). The number of hydrogen-bond acceptors (Lipinski definition) is 2. The highest BCUT2D eigenvalue weighted by atomic mass is 16.2. The normalized spacial score (nSPS) is 12.1. The Morgan fingerprint density at radius 2 is 1.00 bits per heavy atom. The second kappa shape index (κ2) is 5.32. The zero-order chi connectivity index (χ0) is 13.0. The highest BCUT2D eigenvalue weighted by Gasteiger charge is 2.17. The average Bonchev–Trinajstić information content (AvgIpc) is 1.94.